The average Bonchev–Trinajstić information content (AvgIpc) is 2.50. The van der Waals surface area contributed by atoms with E-state index >= 15 is 0 Å². The Morgan fingerprint density at radius 1 is 1.38 bits per heavy atom. The van der Waals surface area contributed by atoms with Crippen LogP contribution in [0.3, 0.4) is 0 Å². The molecule has 0 bridgehead atoms. The van der Waals surface area contributed by atoms with Gasteiger partial charge >= 0.3 is 0 Å². The molecule has 1 aromatic carbocycles. The van der Waals surface area contributed by atoms with Gasteiger partial charge in [0.15, 0.2) is 0 Å². The molecule has 1 saturated heterocycles. The van der Waals surface area contributed by atoms with Crippen LogP contribution in [-0.2, 0) is 6.54 Å². The summed E-state index contributed by atoms with van der Waals surface area (Å²) < 4.78 is 5.36. The van der Waals surface area contributed by atoms with Crippen LogP contribution in [0.5, 0.6) is 5.75 Å². The van der Waals surface area contributed by atoms with Gasteiger partial charge in [-0.25, -0.2) is 0 Å². The predicted octanol–water partition coefficient (Wildman–Crippen LogP) is 0.902. The zero-order valence-electron chi connectivity index (χ0n) is 13.1. The van der Waals surface area contributed by atoms with Crippen LogP contribution >= 0.6 is 0 Å². The molecule has 1 N–H and O–H groups in total. The molecule has 0 spiro atoms. The second-order valence-corrected chi connectivity index (χ2v) is 5.67. The Morgan fingerprint density at radius 3 is 2.90 bits per heavy atom. The molecule has 0 aromatic heterocycles. The van der Waals surface area contributed by atoms with Gasteiger partial charge < -0.3 is 15.0 Å². The Kier molecular flexibility index (Phi) is 5.57. The van der Waals surface area contributed by atoms with Crippen LogP contribution < -0.4 is 10.1 Å². The fourth-order valence-corrected chi connectivity index (χ4v) is 2.68. The molecule has 1 fully saturated rings. The van der Waals surface area contributed by atoms with Gasteiger partial charge in [0, 0.05) is 44.3 Å². The third-order valence-electron chi connectivity index (χ3n) is 4.09. The summed E-state index contributed by atoms with van der Waals surface area (Å²) in [5, 5.41) is 12.5. The first-order chi connectivity index (χ1) is 10.1. The highest BCUT2D eigenvalue weighted by Crippen LogP contribution is 2.19. The smallest absolute Gasteiger partial charge is 0.123 e. The first-order valence-electron chi connectivity index (χ1n) is 7.30. The summed E-state index contributed by atoms with van der Waals surface area (Å²) in [7, 11) is 6.00. The van der Waals surface area contributed by atoms with Crippen LogP contribution in [0.15, 0.2) is 18.2 Å². The monoisotopic (exact) mass is 288 g/mol. The number of rotatable bonds is 5. The summed E-state index contributed by atoms with van der Waals surface area (Å²) >= 11 is 0. The minimum Gasteiger partial charge on any atom is -0.496 e. The number of nitrogens with zero attached hydrogens (tertiary/aromatic N) is 3. The quantitative estimate of drug-likeness (QED) is 0.872. The summed E-state index contributed by atoms with van der Waals surface area (Å²) in [6.45, 7) is 4.97. The second kappa shape index (κ2) is 7.41. The molecule has 1 aromatic rings. The molecule has 5 nitrogen and oxygen atoms in total. The third-order valence-corrected chi connectivity index (χ3v) is 4.09. The molecular formula is C16H24N4O. The Balaban J connectivity index is 1.92. The molecule has 1 heterocycles. The maximum absolute atomic E-state index is 9.00. The summed E-state index contributed by atoms with van der Waals surface area (Å²) in [5.41, 5.74) is 1.70. The van der Waals surface area contributed by atoms with E-state index in [0.29, 0.717) is 18.2 Å². The van der Waals surface area contributed by atoms with E-state index in [0.717, 1.165) is 37.5 Å². The molecule has 5 heteroatoms. The maximum atomic E-state index is 9.00. The summed E-state index contributed by atoms with van der Waals surface area (Å²) in [6, 6.07) is 8.23. The second-order valence-electron chi connectivity index (χ2n) is 5.67. The Bertz CT molecular complexity index is 511. The van der Waals surface area contributed by atoms with E-state index in [1.165, 1.54) is 0 Å². The first kappa shape index (κ1) is 15.8. The molecule has 1 atom stereocenters. The molecular weight excluding hydrogens is 264 g/mol. The fraction of sp³-hybridized carbons (Fsp3) is 0.562. The van der Waals surface area contributed by atoms with Crippen molar-refractivity contribution in [3.8, 4) is 11.8 Å². The van der Waals surface area contributed by atoms with E-state index in [9.17, 15) is 0 Å². The van der Waals surface area contributed by atoms with Crippen molar-refractivity contribution in [2.45, 2.75) is 12.6 Å². The zero-order chi connectivity index (χ0) is 15.2. The number of likely N-dealkylation sites (N-methyl/N-ethyl adjacent to an activating group) is 2. The van der Waals surface area contributed by atoms with Crippen molar-refractivity contribution < 1.29 is 4.74 Å². The zero-order valence-corrected chi connectivity index (χ0v) is 13.1. The molecule has 2 rings (SSSR count). The first-order valence-corrected chi connectivity index (χ1v) is 7.30. The van der Waals surface area contributed by atoms with Gasteiger partial charge in [-0.3, -0.25) is 4.90 Å². The van der Waals surface area contributed by atoms with E-state index in [4.69, 9.17) is 10.00 Å². The summed E-state index contributed by atoms with van der Waals surface area (Å²) in [4.78, 5) is 4.76. The minimum atomic E-state index is 0.522. The predicted molar refractivity (Wildman–Crippen MR) is 83.3 cm³/mol. The van der Waals surface area contributed by atoms with E-state index < -0.39 is 0 Å². The Morgan fingerprint density at radius 2 is 2.19 bits per heavy atom. The maximum Gasteiger partial charge on any atom is 0.123 e. The average molecular weight is 288 g/mol. The molecule has 0 aliphatic carbocycles. The molecule has 0 amide bonds. The lowest BCUT2D eigenvalue weighted by molar-refractivity contribution is 0.113. The highest BCUT2D eigenvalue weighted by molar-refractivity contribution is 5.41. The number of methoxy groups -OCH3 is 1. The van der Waals surface area contributed by atoms with Gasteiger partial charge in [0.2, 0.25) is 0 Å². The fourth-order valence-electron chi connectivity index (χ4n) is 2.68. The van der Waals surface area contributed by atoms with Crippen molar-refractivity contribution in [3.63, 3.8) is 0 Å². The number of nitrogens with one attached hydrogen (secondary N) is 1. The molecule has 1 aliphatic heterocycles. The molecule has 21 heavy (non-hydrogen) atoms. The van der Waals surface area contributed by atoms with E-state index in [1.807, 2.05) is 12.1 Å². The summed E-state index contributed by atoms with van der Waals surface area (Å²) in [6.07, 6.45) is 0. The van der Waals surface area contributed by atoms with Gasteiger partial charge in [-0.05, 0) is 32.3 Å². The Hall–Kier alpha value is -1.61. The lowest BCUT2D eigenvalue weighted by Gasteiger charge is -2.37. The lowest BCUT2D eigenvalue weighted by Crippen LogP contribution is -2.53. The normalized spacial score (nSPS) is 20.2. The number of ether oxygens (including phenoxy) is 1. The highest BCUT2D eigenvalue weighted by atomic mass is 16.5. The minimum absolute atomic E-state index is 0.522. The van der Waals surface area contributed by atoms with Crippen LogP contribution in [0.2, 0.25) is 0 Å². The van der Waals surface area contributed by atoms with Crippen LogP contribution in [0.1, 0.15) is 11.1 Å². The van der Waals surface area contributed by atoms with Gasteiger partial charge in [0.05, 0.1) is 18.7 Å². The van der Waals surface area contributed by atoms with Gasteiger partial charge in [-0.1, -0.05) is 0 Å². The van der Waals surface area contributed by atoms with Crippen LogP contribution in [0, 0.1) is 11.3 Å². The number of piperazine rings is 1. The SMILES string of the molecule is COc1ccc(C#N)cc1CNCC1CN(C)CCN1C. The standard InChI is InChI=1S/C16H24N4O/c1-19-6-7-20(2)15(12-19)11-18-10-14-8-13(9-17)4-5-16(14)21-3/h4-5,8,15,18H,6-7,10-12H2,1-3H3. The van der Waals surface area contributed by atoms with Gasteiger partial charge in [-0.2, -0.15) is 5.26 Å². The van der Waals surface area contributed by atoms with Crippen LogP contribution in [-0.4, -0.2) is 63.2 Å². The van der Waals surface area contributed by atoms with Crippen molar-refractivity contribution in [1.82, 2.24) is 15.1 Å². The van der Waals surface area contributed by atoms with Crippen molar-refractivity contribution in [2.75, 3.05) is 47.4 Å². The van der Waals surface area contributed by atoms with Crippen LogP contribution in [0.25, 0.3) is 0 Å². The lowest BCUT2D eigenvalue weighted by atomic mass is 10.1. The number of hydrogen-bond donors (Lipinski definition) is 1. The largest absolute Gasteiger partial charge is 0.496 e. The highest BCUT2D eigenvalue weighted by Gasteiger charge is 2.21. The molecule has 1 aliphatic rings. The number of nitriles is 1. The molecule has 0 radical (unpaired) electrons. The van der Waals surface area contributed by atoms with E-state index in [1.54, 1.807) is 13.2 Å². The summed E-state index contributed by atoms with van der Waals surface area (Å²) in [5.74, 6) is 0.829. The van der Waals surface area contributed by atoms with Gasteiger partial charge in [0.25, 0.3) is 0 Å². The Labute approximate surface area is 127 Å². The topological polar surface area (TPSA) is 51.5 Å². The number of hydrogen-bond acceptors (Lipinski definition) is 5. The third kappa shape index (κ3) is 4.18. The van der Waals surface area contributed by atoms with Gasteiger partial charge in [0.1, 0.15) is 5.75 Å². The molecule has 0 saturated carbocycles. The van der Waals surface area contributed by atoms with Crippen molar-refractivity contribution in [3.05, 3.63) is 29.3 Å². The van der Waals surface area contributed by atoms with Crippen molar-refractivity contribution in [2.24, 2.45) is 0 Å². The molecule has 114 valence electrons. The van der Waals surface area contributed by atoms with Crippen molar-refractivity contribution >= 4 is 0 Å². The van der Waals surface area contributed by atoms with E-state index in [2.05, 4.69) is 35.3 Å². The van der Waals surface area contributed by atoms with Gasteiger partial charge in [-0.15, -0.1) is 0 Å². The van der Waals surface area contributed by atoms with Crippen LogP contribution in [0.4, 0.5) is 0 Å². The van der Waals surface area contributed by atoms with Crippen molar-refractivity contribution in [1.29, 1.82) is 5.26 Å². The molecule has 1 unspecified atom stereocenters. The van der Waals surface area contributed by atoms with E-state index in [-0.39, 0.29) is 0 Å². The number of benzene rings is 1.